The minimum absolute atomic E-state index is 0.356. The van der Waals surface area contributed by atoms with Crippen LogP contribution in [0.1, 0.15) is 36.9 Å². The maximum atomic E-state index is 12.9. The van der Waals surface area contributed by atoms with E-state index in [0.717, 1.165) is 24.1 Å². The zero-order valence-electron chi connectivity index (χ0n) is 18.4. The highest BCUT2D eigenvalue weighted by Gasteiger charge is 2.44. The highest BCUT2D eigenvalue weighted by molar-refractivity contribution is 5.83. The molecule has 1 aromatic carbocycles. The average Bonchev–Trinajstić information content (AvgIpc) is 3.50. The summed E-state index contributed by atoms with van der Waals surface area (Å²) in [5.41, 5.74) is 1.16. The fourth-order valence-corrected chi connectivity index (χ4v) is 4.13. The normalized spacial score (nSPS) is 15.0. The smallest absolute Gasteiger partial charge is 0.418 e. The molecule has 2 aromatic rings. The number of rotatable bonds is 8. The number of nitrogens with zero attached hydrogens (tertiary/aromatic N) is 3. The Hall–Kier alpha value is -3.73. The molecule has 0 radical (unpaired) electrons. The third-order valence-electron chi connectivity index (χ3n) is 5.82. The van der Waals surface area contributed by atoms with Crippen LogP contribution in [0.25, 0.3) is 0 Å². The van der Waals surface area contributed by atoms with E-state index in [1.54, 1.807) is 18.1 Å². The van der Waals surface area contributed by atoms with E-state index in [1.165, 1.54) is 18.0 Å². The molecule has 1 amide bonds. The number of carbonyl (C=O) groups excluding carboxylic acids is 2. The van der Waals surface area contributed by atoms with Crippen LogP contribution < -0.4 is 0 Å². The molecule has 0 bridgehead atoms. The molecule has 0 spiro atoms. The highest BCUT2D eigenvalue weighted by Crippen LogP contribution is 2.42. The minimum atomic E-state index is -0.724. The van der Waals surface area contributed by atoms with Crippen molar-refractivity contribution in [3.05, 3.63) is 71.8 Å². The molecular weight excluding hydrogens is 408 g/mol. The average molecular weight is 437 g/mol. The largest absolute Gasteiger partial charge is 0.427 e. The van der Waals surface area contributed by atoms with Gasteiger partial charge in [-0.25, -0.2) is 4.79 Å². The van der Waals surface area contributed by atoms with Crippen LogP contribution in [0.4, 0.5) is 4.79 Å². The topological polar surface area (TPSA) is 98.7 Å². The second kappa shape index (κ2) is 10.5. The summed E-state index contributed by atoms with van der Waals surface area (Å²) in [5, 5.41) is 9.14. The van der Waals surface area contributed by atoms with Crippen molar-refractivity contribution in [3.8, 4) is 6.07 Å². The first kappa shape index (κ1) is 22.9. The van der Waals surface area contributed by atoms with Crippen LogP contribution in [0.2, 0.25) is 0 Å². The van der Waals surface area contributed by atoms with Gasteiger partial charge in [0.1, 0.15) is 5.82 Å². The van der Waals surface area contributed by atoms with E-state index in [2.05, 4.69) is 4.98 Å². The maximum Gasteiger partial charge on any atom is 0.418 e. The summed E-state index contributed by atoms with van der Waals surface area (Å²) in [5.74, 6) is -0.0247. The standard InChI is InChI=1S/C24H28N4O4/c1-27(17-20-11-8-16-26-20)21(12-15-25)28(2)23(30)32-18-31-22(29)24(13-6-7-14-24)19-9-4-3-5-10-19/h3-5,8-12,16,26H,6-7,13-14,17-18H2,1-2H3/b21-12+. The first-order valence-corrected chi connectivity index (χ1v) is 10.5. The van der Waals surface area contributed by atoms with Crippen molar-refractivity contribution in [2.45, 2.75) is 37.6 Å². The van der Waals surface area contributed by atoms with E-state index in [0.29, 0.717) is 25.2 Å². The summed E-state index contributed by atoms with van der Waals surface area (Å²) in [6.45, 7) is -0.0243. The number of aromatic nitrogens is 1. The van der Waals surface area contributed by atoms with Gasteiger partial charge in [-0.3, -0.25) is 9.69 Å². The third kappa shape index (κ3) is 5.11. The van der Waals surface area contributed by atoms with E-state index in [9.17, 15) is 9.59 Å². The zero-order valence-corrected chi connectivity index (χ0v) is 18.4. The summed E-state index contributed by atoms with van der Waals surface area (Å²) in [6.07, 6.45) is 5.65. The van der Waals surface area contributed by atoms with Crippen molar-refractivity contribution >= 4 is 12.1 Å². The zero-order chi connectivity index (χ0) is 23.0. The quantitative estimate of drug-likeness (QED) is 0.383. The van der Waals surface area contributed by atoms with Crippen LogP contribution in [0.15, 0.2) is 60.6 Å². The van der Waals surface area contributed by atoms with Crippen LogP contribution in [0.3, 0.4) is 0 Å². The van der Waals surface area contributed by atoms with Gasteiger partial charge in [0.25, 0.3) is 0 Å². The maximum absolute atomic E-state index is 12.9. The molecule has 168 valence electrons. The monoisotopic (exact) mass is 436 g/mol. The number of esters is 1. The van der Waals surface area contributed by atoms with Crippen molar-refractivity contribution < 1.29 is 19.1 Å². The van der Waals surface area contributed by atoms with Crippen molar-refractivity contribution in [1.82, 2.24) is 14.8 Å². The second-order valence-corrected chi connectivity index (χ2v) is 7.86. The van der Waals surface area contributed by atoms with Crippen molar-refractivity contribution in [2.75, 3.05) is 20.9 Å². The number of ether oxygens (including phenoxy) is 2. The van der Waals surface area contributed by atoms with Gasteiger partial charge in [0.2, 0.25) is 6.79 Å². The molecular formula is C24H28N4O4. The molecule has 0 saturated heterocycles. The fraction of sp³-hybridized carbons (Fsp3) is 0.375. The number of nitrogens with one attached hydrogen (secondary N) is 1. The summed E-state index contributed by atoms with van der Waals surface area (Å²) in [6, 6.07) is 15.3. The summed E-state index contributed by atoms with van der Waals surface area (Å²) in [4.78, 5) is 31.5. The molecule has 1 fully saturated rings. The van der Waals surface area contributed by atoms with Gasteiger partial charge in [0.05, 0.1) is 24.1 Å². The number of aromatic amines is 1. The Morgan fingerprint density at radius 3 is 2.47 bits per heavy atom. The Morgan fingerprint density at radius 2 is 1.84 bits per heavy atom. The molecule has 0 aliphatic heterocycles. The molecule has 3 rings (SSSR count). The van der Waals surface area contributed by atoms with Gasteiger partial charge in [-0.1, -0.05) is 43.2 Å². The van der Waals surface area contributed by atoms with Gasteiger partial charge in [0, 0.05) is 26.0 Å². The molecule has 0 unspecified atom stereocenters. The molecule has 1 aliphatic rings. The van der Waals surface area contributed by atoms with Gasteiger partial charge >= 0.3 is 12.1 Å². The highest BCUT2D eigenvalue weighted by atomic mass is 16.7. The molecule has 8 nitrogen and oxygen atoms in total. The van der Waals surface area contributed by atoms with Crippen LogP contribution in [-0.2, 0) is 26.2 Å². The van der Waals surface area contributed by atoms with E-state index in [1.807, 2.05) is 48.5 Å². The van der Waals surface area contributed by atoms with E-state index in [-0.39, 0.29) is 5.97 Å². The predicted molar refractivity (Wildman–Crippen MR) is 118 cm³/mol. The number of allylic oxidation sites excluding steroid dienone is 1. The number of amides is 1. The molecule has 32 heavy (non-hydrogen) atoms. The number of nitriles is 1. The van der Waals surface area contributed by atoms with Crippen LogP contribution >= 0.6 is 0 Å². The van der Waals surface area contributed by atoms with E-state index >= 15 is 0 Å². The lowest BCUT2D eigenvalue weighted by Crippen LogP contribution is -2.37. The number of hydrogen-bond acceptors (Lipinski definition) is 6. The lowest BCUT2D eigenvalue weighted by molar-refractivity contribution is -0.159. The molecule has 1 aliphatic carbocycles. The van der Waals surface area contributed by atoms with Gasteiger partial charge in [-0.2, -0.15) is 5.26 Å². The van der Waals surface area contributed by atoms with Gasteiger partial charge in [0.15, 0.2) is 0 Å². The Morgan fingerprint density at radius 1 is 1.12 bits per heavy atom. The van der Waals surface area contributed by atoms with E-state index in [4.69, 9.17) is 14.7 Å². The van der Waals surface area contributed by atoms with Crippen LogP contribution in [-0.4, -0.2) is 47.7 Å². The Balaban J connectivity index is 1.58. The number of H-pyrrole nitrogens is 1. The third-order valence-corrected chi connectivity index (χ3v) is 5.82. The summed E-state index contributed by atoms with van der Waals surface area (Å²) < 4.78 is 10.6. The SMILES string of the molecule is CN(Cc1ccc[nH]1)/C(=C\C#N)N(C)C(=O)OCOC(=O)C1(c2ccccc2)CCCC1. The van der Waals surface area contributed by atoms with Crippen molar-refractivity contribution in [3.63, 3.8) is 0 Å². The molecule has 1 saturated carbocycles. The molecule has 1 N–H and O–H groups in total. The summed E-state index contributed by atoms with van der Waals surface area (Å²) in [7, 11) is 3.26. The number of carbonyl (C=O) groups is 2. The molecule has 8 heteroatoms. The number of hydrogen-bond donors (Lipinski definition) is 1. The molecule has 1 aromatic heterocycles. The van der Waals surface area contributed by atoms with E-state index < -0.39 is 18.3 Å². The Bertz CT molecular complexity index is 973. The predicted octanol–water partition coefficient (Wildman–Crippen LogP) is 3.89. The fourth-order valence-electron chi connectivity index (χ4n) is 4.13. The Labute approximate surface area is 188 Å². The second-order valence-electron chi connectivity index (χ2n) is 7.86. The van der Waals surface area contributed by atoms with Crippen LogP contribution in [0, 0.1) is 11.3 Å². The van der Waals surface area contributed by atoms with Gasteiger partial charge in [-0.15, -0.1) is 0 Å². The minimum Gasteiger partial charge on any atom is -0.427 e. The summed E-state index contributed by atoms with van der Waals surface area (Å²) >= 11 is 0. The lowest BCUT2D eigenvalue weighted by Gasteiger charge is -2.29. The van der Waals surface area contributed by atoms with Crippen molar-refractivity contribution in [1.29, 1.82) is 5.26 Å². The molecule has 0 atom stereocenters. The number of benzene rings is 1. The van der Waals surface area contributed by atoms with Crippen molar-refractivity contribution in [2.24, 2.45) is 0 Å². The lowest BCUT2D eigenvalue weighted by atomic mass is 9.79. The first-order chi connectivity index (χ1) is 15.5. The van der Waals surface area contributed by atoms with Gasteiger partial charge in [-0.05, 0) is 30.5 Å². The Kier molecular flexibility index (Phi) is 7.55. The van der Waals surface area contributed by atoms with Crippen LogP contribution in [0.5, 0.6) is 0 Å². The first-order valence-electron chi connectivity index (χ1n) is 10.5. The molecule has 1 heterocycles. The van der Waals surface area contributed by atoms with Gasteiger partial charge < -0.3 is 19.4 Å².